The summed E-state index contributed by atoms with van der Waals surface area (Å²) in [5.74, 6) is 0.252. The van der Waals surface area contributed by atoms with Crippen molar-refractivity contribution < 1.29 is 19.0 Å². The third-order valence-corrected chi connectivity index (χ3v) is 5.12. The minimum absolute atomic E-state index is 0.0741. The van der Waals surface area contributed by atoms with E-state index in [9.17, 15) is 14.3 Å². The zero-order valence-electron chi connectivity index (χ0n) is 13.9. The molecular formula is C18H25FN2O3. The Morgan fingerprint density at radius 1 is 1.33 bits per heavy atom. The fourth-order valence-corrected chi connectivity index (χ4v) is 3.74. The third kappa shape index (κ3) is 3.80. The number of urea groups is 1. The van der Waals surface area contributed by atoms with Crippen LogP contribution in [0.5, 0.6) is 5.75 Å². The highest BCUT2D eigenvalue weighted by Crippen LogP contribution is 2.41. The van der Waals surface area contributed by atoms with E-state index in [1.807, 2.05) is 0 Å². The van der Waals surface area contributed by atoms with Gasteiger partial charge in [0.1, 0.15) is 11.6 Å². The molecule has 2 fully saturated rings. The normalized spacial score (nSPS) is 25.0. The summed E-state index contributed by atoms with van der Waals surface area (Å²) in [4.78, 5) is 12.4. The van der Waals surface area contributed by atoms with Crippen molar-refractivity contribution in [1.82, 2.24) is 10.6 Å². The Kier molecular flexibility index (Phi) is 5.23. The fraction of sp³-hybridized carbons (Fsp3) is 0.611. The number of halogens is 1. The molecule has 24 heavy (non-hydrogen) atoms. The first-order valence-corrected chi connectivity index (χ1v) is 8.65. The van der Waals surface area contributed by atoms with Gasteiger partial charge in [-0.1, -0.05) is 12.8 Å². The van der Waals surface area contributed by atoms with Crippen molar-refractivity contribution in [2.45, 2.75) is 56.7 Å². The van der Waals surface area contributed by atoms with Crippen LogP contribution in [0.15, 0.2) is 18.2 Å². The van der Waals surface area contributed by atoms with Crippen LogP contribution in [0, 0.1) is 11.7 Å². The summed E-state index contributed by atoms with van der Waals surface area (Å²) in [5.41, 5.74) is 0.621. The van der Waals surface area contributed by atoms with E-state index in [2.05, 4.69) is 10.6 Å². The summed E-state index contributed by atoms with van der Waals surface area (Å²) in [7, 11) is 1.53. The number of amides is 2. The number of rotatable bonds is 5. The minimum atomic E-state index is -0.375. The van der Waals surface area contributed by atoms with Crippen LogP contribution in [-0.4, -0.2) is 30.4 Å². The van der Waals surface area contributed by atoms with Gasteiger partial charge in [0, 0.05) is 11.6 Å². The Morgan fingerprint density at radius 3 is 2.67 bits per heavy atom. The van der Waals surface area contributed by atoms with Crippen molar-refractivity contribution in [3.8, 4) is 5.75 Å². The van der Waals surface area contributed by atoms with Crippen molar-refractivity contribution in [2.75, 3.05) is 7.11 Å². The molecule has 6 heteroatoms. The van der Waals surface area contributed by atoms with Crippen LogP contribution in [0.1, 0.15) is 50.1 Å². The molecule has 0 heterocycles. The molecule has 3 N–H and O–H groups in total. The molecular weight excluding hydrogens is 311 g/mol. The number of ether oxygens (including phenoxy) is 1. The van der Waals surface area contributed by atoms with E-state index in [0.29, 0.717) is 24.2 Å². The van der Waals surface area contributed by atoms with E-state index in [-0.39, 0.29) is 36.0 Å². The van der Waals surface area contributed by atoms with Gasteiger partial charge in [0.05, 0.1) is 19.3 Å². The molecule has 1 atom stereocenters. The average molecular weight is 336 g/mol. The number of hydrogen-bond acceptors (Lipinski definition) is 3. The van der Waals surface area contributed by atoms with E-state index < -0.39 is 0 Å². The van der Waals surface area contributed by atoms with Crippen LogP contribution < -0.4 is 15.4 Å². The van der Waals surface area contributed by atoms with E-state index in [1.165, 1.54) is 19.2 Å². The number of carbonyl (C=O) groups is 1. The predicted molar refractivity (Wildman–Crippen MR) is 88.3 cm³/mol. The molecule has 0 bridgehead atoms. The Bertz CT molecular complexity index is 584. The van der Waals surface area contributed by atoms with E-state index >= 15 is 0 Å². The first kappa shape index (κ1) is 17.0. The van der Waals surface area contributed by atoms with Crippen LogP contribution >= 0.6 is 0 Å². The molecule has 5 nitrogen and oxygen atoms in total. The lowest BCUT2D eigenvalue weighted by atomic mass is 9.75. The third-order valence-electron chi connectivity index (χ3n) is 5.12. The van der Waals surface area contributed by atoms with Gasteiger partial charge in [0.2, 0.25) is 0 Å². The molecule has 2 aliphatic carbocycles. The highest BCUT2D eigenvalue weighted by atomic mass is 19.1. The fourth-order valence-electron chi connectivity index (χ4n) is 3.74. The van der Waals surface area contributed by atoms with Gasteiger partial charge in [-0.15, -0.1) is 0 Å². The van der Waals surface area contributed by atoms with Crippen molar-refractivity contribution in [2.24, 2.45) is 5.92 Å². The van der Waals surface area contributed by atoms with Crippen LogP contribution in [-0.2, 0) is 0 Å². The largest absolute Gasteiger partial charge is 0.496 e. The van der Waals surface area contributed by atoms with Gasteiger partial charge in [-0.3, -0.25) is 0 Å². The first-order valence-electron chi connectivity index (χ1n) is 8.65. The number of nitrogens with one attached hydrogen (secondary N) is 2. The molecule has 0 aliphatic heterocycles. The zero-order valence-corrected chi connectivity index (χ0v) is 13.9. The molecule has 3 rings (SSSR count). The molecule has 2 saturated carbocycles. The zero-order chi connectivity index (χ0) is 17.1. The summed E-state index contributed by atoms with van der Waals surface area (Å²) in [6.07, 6.45) is 5.12. The number of methoxy groups -OCH3 is 1. The van der Waals surface area contributed by atoms with Crippen molar-refractivity contribution in [3.63, 3.8) is 0 Å². The number of hydrogen-bond donors (Lipinski definition) is 3. The van der Waals surface area contributed by atoms with Gasteiger partial charge in [-0.05, 0) is 49.8 Å². The summed E-state index contributed by atoms with van der Waals surface area (Å²) in [5, 5.41) is 15.6. The first-order chi connectivity index (χ1) is 11.6. The second kappa shape index (κ2) is 7.38. The Balaban J connectivity index is 1.76. The van der Waals surface area contributed by atoms with Crippen LogP contribution in [0.2, 0.25) is 0 Å². The maximum Gasteiger partial charge on any atom is 0.315 e. The molecule has 1 aromatic rings. The van der Waals surface area contributed by atoms with E-state index in [4.69, 9.17) is 4.74 Å². The molecule has 0 spiro atoms. The van der Waals surface area contributed by atoms with Gasteiger partial charge in [-0.25, -0.2) is 9.18 Å². The second-order valence-corrected chi connectivity index (χ2v) is 6.85. The van der Waals surface area contributed by atoms with E-state index in [1.54, 1.807) is 6.07 Å². The van der Waals surface area contributed by atoms with Gasteiger partial charge in [0.15, 0.2) is 0 Å². The SMILES string of the molecule is COc1ccc(F)cc1[C@@H](NC(=O)NC1CCCC1)C1CC(O)C1. The lowest BCUT2D eigenvalue weighted by molar-refractivity contribution is 0.0254. The van der Waals surface area contributed by atoms with Crippen molar-refractivity contribution in [3.05, 3.63) is 29.6 Å². The standard InChI is InChI=1S/C18H25FN2O3/c1-24-16-7-6-12(19)10-15(16)17(11-8-14(22)9-11)21-18(23)20-13-4-2-3-5-13/h6-7,10-11,13-14,17,22H,2-5,8-9H2,1H3,(H2,20,21,23)/t11?,14?,17-/m0/s1. The van der Waals surface area contributed by atoms with Gasteiger partial charge < -0.3 is 20.5 Å². The molecule has 2 aliphatic rings. The highest BCUT2D eigenvalue weighted by Gasteiger charge is 2.37. The second-order valence-electron chi connectivity index (χ2n) is 6.85. The van der Waals surface area contributed by atoms with Gasteiger partial charge >= 0.3 is 6.03 Å². The molecule has 0 radical (unpaired) electrons. The Labute approximate surface area is 141 Å². The van der Waals surface area contributed by atoms with Crippen LogP contribution in [0.3, 0.4) is 0 Å². The van der Waals surface area contributed by atoms with Crippen LogP contribution in [0.4, 0.5) is 9.18 Å². The summed E-state index contributed by atoms with van der Waals surface area (Å²) < 4.78 is 19.1. The number of carbonyl (C=O) groups excluding carboxylic acids is 1. The summed E-state index contributed by atoms with van der Waals surface area (Å²) in [6, 6.07) is 3.92. The van der Waals surface area contributed by atoms with E-state index in [0.717, 1.165) is 25.7 Å². The maximum atomic E-state index is 13.7. The number of benzene rings is 1. The quantitative estimate of drug-likeness (QED) is 0.774. The van der Waals surface area contributed by atoms with Gasteiger partial charge in [-0.2, -0.15) is 0 Å². The molecule has 2 amide bonds. The Morgan fingerprint density at radius 2 is 2.04 bits per heavy atom. The number of aliphatic hydroxyl groups excluding tert-OH is 1. The summed E-state index contributed by atoms with van der Waals surface area (Å²) >= 11 is 0. The number of aliphatic hydroxyl groups is 1. The monoisotopic (exact) mass is 336 g/mol. The topological polar surface area (TPSA) is 70.6 Å². The predicted octanol–water partition coefficient (Wildman–Crippen LogP) is 2.89. The molecule has 0 unspecified atom stereocenters. The average Bonchev–Trinajstić information content (AvgIpc) is 3.02. The van der Waals surface area contributed by atoms with Crippen LogP contribution in [0.25, 0.3) is 0 Å². The lowest BCUT2D eigenvalue weighted by Gasteiger charge is -2.38. The minimum Gasteiger partial charge on any atom is -0.496 e. The van der Waals surface area contributed by atoms with Crippen molar-refractivity contribution in [1.29, 1.82) is 0 Å². The highest BCUT2D eigenvalue weighted by molar-refractivity contribution is 5.75. The molecule has 0 aromatic heterocycles. The van der Waals surface area contributed by atoms with Gasteiger partial charge in [0.25, 0.3) is 0 Å². The smallest absolute Gasteiger partial charge is 0.315 e. The molecule has 1 aromatic carbocycles. The molecule has 132 valence electrons. The molecule has 0 saturated heterocycles. The Hall–Kier alpha value is -1.82. The van der Waals surface area contributed by atoms with Crippen molar-refractivity contribution >= 4 is 6.03 Å². The summed E-state index contributed by atoms with van der Waals surface area (Å²) in [6.45, 7) is 0. The lowest BCUT2D eigenvalue weighted by Crippen LogP contribution is -2.47. The maximum absolute atomic E-state index is 13.7.